The third-order valence-corrected chi connectivity index (χ3v) is 2.02. The second-order valence-electron chi connectivity index (χ2n) is 3.16. The molecule has 0 fully saturated rings. The standard InChI is InChI=1S/C11H16O4/c1-8(13)9-3-4-10(15-6-5-12)11(7-9)14-2/h3-4,7-8,12-13H,5-6H2,1-2H3/t8-/m1/s1. The van der Waals surface area contributed by atoms with Crippen LogP contribution >= 0.6 is 0 Å². The van der Waals surface area contributed by atoms with Crippen LogP contribution in [0.15, 0.2) is 18.2 Å². The first-order valence-electron chi connectivity index (χ1n) is 4.78. The van der Waals surface area contributed by atoms with Crippen LogP contribution in [0.25, 0.3) is 0 Å². The Labute approximate surface area is 89.1 Å². The Balaban J connectivity index is 2.88. The first kappa shape index (κ1) is 11.8. The monoisotopic (exact) mass is 212 g/mol. The molecular formula is C11H16O4. The van der Waals surface area contributed by atoms with E-state index >= 15 is 0 Å². The fraction of sp³-hybridized carbons (Fsp3) is 0.455. The molecule has 4 heteroatoms. The summed E-state index contributed by atoms with van der Waals surface area (Å²) in [5.41, 5.74) is 0.767. The lowest BCUT2D eigenvalue weighted by Crippen LogP contribution is -2.03. The van der Waals surface area contributed by atoms with Gasteiger partial charge in [-0.05, 0) is 24.6 Å². The van der Waals surface area contributed by atoms with Gasteiger partial charge in [0.1, 0.15) is 6.61 Å². The van der Waals surface area contributed by atoms with E-state index in [0.717, 1.165) is 5.56 Å². The van der Waals surface area contributed by atoms with Crippen molar-refractivity contribution in [2.45, 2.75) is 13.0 Å². The van der Waals surface area contributed by atoms with Gasteiger partial charge in [0.15, 0.2) is 11.5 Å². The Hall–Kier alpha value is -1.26. The summed E-state index contributed by atoms with van der Waals surface area (Å²) < 4.78 is 10.4. The molecule has 0 aromatic heterocycles. The van der Waals surface area contributed by atoms with Crippen LogP contribution in [-0.2, 0) is 0 Å². The summed E-state index contributed by atoms with van der Waals surface area (Å²) in [6.45, 7) is 1.87. The van der Waals surface area contributed by atoms with Crippen LogP contribution in [0.3, 0.4) is 0 Å². The molecule has 15 heavy (non-hydrogen) atoms. The molecule has 4 nitrogen and oxygen atoms in total. The van der Waals surface area contributed by atoms with Crippen LogP contribution in [0.5, 0.6) is 11.5 Å². The Morgan fingerprint density at radius 1 is 1.33 bits per heavy atom. The Morgan fingerprint density at radius 2 is 2.07 bits per heavy atom. The summed E-state index contributed by atoms with van der Waals surface area (Å²) in [4.78, 5) is 0. The first-order chi connectivity index (χ1) is 7.19. The molecule has 1 aromatic rings. The van der Waals surface area contributed by atoms with Crippen molar-refractivity contribution in [1.82, 2.24) is 0 Å². The zero-order valence-corrected chi connectivity index (χ0v) is 8.93. The summed E-state index contributed by atoms with van der Waals surface area (Å²) in [6.07, 6.45) is -0.536. The minimum atomic E-state index is -0.536. The van der Waals surface area contributed by atoms with Gasteiger partial charge < -0.3 is 19.7 Å². The van der Waals surface area contributed by atoms with E-state index in [9.17, 15) is 5.11 Å². The molecule has 0 unspecified atom stereocenters. The highest BCUT2D eigenvalue weighted by molar-refractivity contribution is 5.43. The van der Waals surface area contributed by atoms with Crippen molar-refractivity contribution in [3.63, 3.8) is 0 Å². The molecule has 0 amide bonds. The zero-order chi connectivity index (χ0) is 11.3. The molecule has 84 valence electrons. The molecule has 0 heterocycles. The molecule has 0 spiro atoms. The number of aliphatic hydroxyl groups excluding tert-OH is 2. The average molecular weight is 212 g/mol. The molecular weight excluding hydrogens is 196 g/mol. The molecule has 0 saturated carbocycles. The Bertz CT molecular complexity index is 309. The van der Waals surface area contributed by atoms with E-state index in [1.165, 1.54) is 7.11 Å². The van der Waals surface area contributed by atoms with Gasteiger partial charge in [-0.2, -0.15) is 0 Å². The number of benzene rings is 1. The minimum absolute atomic E-state index is 0.0404. The van der Waals surface area contributed by atoms with E-state index in [0.29, 0.717) is 11.5 Å². The lowest BCUT2D eigenvalue weighted by atomic mass is 10.1. The second kappa shape index (κ2) is 5.58. The van der Waals surface area contributed by atoms with Crippen molar-refractivity contribution in [2.24, 2.45) is 0 Å². The predicted molar refractivity (Wildman–Crippen MR) is 56.2 cm³/mol. The summed E-state index contributed by atoms with van der Waals surface area (Å²) in [7, 11) is 1.53. The van der Waals surface area contributed by atoms with Gasteiger partial charge in [-0.25, -0.2) is 0 Å². The topological polar surface area (TPSA) is 58.9 Å². The van der Waals surface area contributed by atoms with Crippen LogP contribution in [0.4, 0.5) is 0 Å². The molecule has 1 atom stereocenters. The van der Waals surface area contributed by atoms with E-state index < -0.39 is 6.10 Å². The molecule has 1 rings (SSSR count). The van der Waals surface area contributed by atoms with Crippen molar-refractivity contribution in [2.75, 3.05) is 20.3 Å². The molecule has 0 aliphatic heterocycles. The molecule has 0 bridgehead atoms. The van der Waals surface area contributed by atoms with E-state index in [1.807, 2.05) is 0 Å². The predicted octanol–water partition coefficient (Wildman–Crippen LogP) is 1.12. The molecule has 0 aliphatic carbocycles. The quantitative estimate of drug-likeness (QED) is 0.768. The molecule has 2 N–H and O–H groups in total. The number of ether oxygens (including phenoxy) is 2. The average Bonchev–Trinajstić information content (AvgIpc) is 2.25. The highest BCUT2D eigenvalue weighted by Gasteiger charge is 2.08. The second-order valence-corrected chi connectivity index (χ2v) is 3.16. The third-order valence-electron chi connectivity index (χ3n) is 2.02. The van der Waals surface area contributed by atoms with E-state index in [2.05, 4.69) is 0 Å². The van der Waals surface area contributed by atoms with Crippen LogP contribution in [0.2, 0.25) is 0 Å². The fourth-order valence-corrected chi connectivity index (χ4v) is 1.22. The highest BCUT2D eigenvalue weighted by atomic mass is 16.5. The molecule has 1 aromatic carbocycles. The van der Waals surface area contributed by atoms with Crippen molar-refractivity contribution in [3.8, 4) is 11.5 Å². The Kier molecular flexibility index (Phi) is 4.39. The van der Waals surface area contributed by atoms with Crippen LogP contribution in [-0.4, -0.2) is 30.5 Å². The summed E-state index contributed by atoms with van der Waals surface area (Å²) in [5, 5.41) is 18.0. The van der Waals surface area contributed by atoms with Gasteiger partial charge in [-0.3, -0.25) is 0 Å². The highest BCUT2D eigenvalue weighted by Crippen LogP contribution is 2.30. The smallest absolute Gasteiger partial charge is 0.161 e. The van der Waals surface area contributed by atoms with E-state index in [1.54, 1.807) is 25.1 Å². The SMILES string of the molecule is COc1cc([C@@H](C)O)ccc1OCCO. The maximum Gasteiger partial charge on any atom is 0.161 e. The van der Waals surface area contributed by atoms with E-state index in [4.69, 9.17) is 14.6 Å². The van der Waals surface area contributed by atoms with Gasteiger partial charge in [0.2, 0.25) is 0 Å². The Morgan fingerprint density at radius 3 is 2.60 bits per heavy atom. The number of aliphatic hydroxyl groups is 2. The van der Waals surface area contributed by atoms with Crippen molar-refractivity contribution in [1.29, 1.82) is 0 Å². The van der Waals surface area contributed by atoms with Gasteiger partial charge in [0.25, 0.3) is 0 Å². The molecule has 0 aliphatic rings. The number of hydrogen-bond donors (Lipinski definition) is 2. The fourth-order valence-electron chi connectivity index (χ4n) is 1.22. The van der Waals surface area contributed by atoms with Gasteiger partial charge in [-0.15, -0.1) is 0 Å². The van der Waals surface area contributed by atoms with Crippen LogP contribution in [0.1, 0.15) is 18.6 Å². The van der Waals surface area contributed by atoms with Crippen molar-refractivity contribution < 1.29 is 19.7 Å². The van der Waals surface area contributed by atoms with Crippen LogP contribution < -0.4 is 9.47 Å². The first-order valence-corrected chi connectivity index (χ1v) is 4.78. The van der Waals surface area contributed by atoms with Gasteiger partial charge in [-0.1, -0.05) is 6.07 Å². The minimum Gasteiger partial charge on any atom is -0.493 e. The summed E-state index contributed by atoms with van der Waals surface area (Å²) >= 11 is 0. The zero-order valence-electron chi connectivity index (χ0n) is 8.93. The molecule has 0 saturated heterocycles. The summed E-state index contributed by atoms with van der Waals surface area (Å²) in [6, 6.07) is 5.20. The van der Waals surface area contributed by atoms with Gasteiger partial charge in [0.05, 0.1) is 19.8 Å². The maximum absolute atomic E-state index is 9.37. The number of hydrogen-bond acceptors (Lipinski definition) is 4. The van der Waals surface area contributed by atoms with Crippen molar-refractivity contribution >= 4 is 0 Å². The third kappa shape index (κ3) is 3.11. The van der Waals surface area contributed by atoms with E-state index in [-0.39, 0.29) is 13.2 Å². The lowest BCUT2D eigenvalue weighted by molar-refractivity contribution is 0.192. The maximum atomic E-state index is 9.37. The van der Waals surface area contributed by atoms with Crippen LogP contribution in [0, 0.1) is 0 Å². The molecule has 0 radical (unpaired) electrons. The van der Waals surface area contributed by atoms with Gasteiger partial charge >= 0.3 is 0 Å². The largest absolute Gasteiger partial charge is 0.493 e. The number of rotatable bonds is 5. The lowest BCUT2D eigenvalue weighted by Gasteiger charge is -2.12. The van der Waals surface area contributed by atoms with Crippen molar-refractivity contribution in [3.05, 3.63) is 23.8 Å². The number of methoxy groups -OCH3 is 1. The summed E-state index contributed by atoms with van der Waals surface area (Å²) in [5.74, 6) is 1.12. The normalized spacial score (nSPS) is 12.3. The van der Waals surface area contributed by atoms with Gasteiger partial charge in [0, 0.05) is 0 Å².